The minimum atomic E-state index is 0.698. The van der Waals surface area contributed by atoms with Crippen LogP contribution in [0.4, 0.5) is 5.69 Å². The zero-order valence-electron chi connectivity index (χ0n) is 8.06. The summed E-state index contributed by atoms with van der Waals surface area (Å²) >= 11 is 0. The molecule has 1 N–H and O–H groups in total. The highest BCUT2D eigenvalue weighted by Crippen LogP contribution is 2.26. The van der Waals surface area contributed by atoms with Crippen LogP contribution in [0, 0.1) is 5.92 Å². The highest BCUT2D eigenvalue weighted by atomic mass is 15.2. The highest BCUT2D eigenvalue weighted by molar-refractivity contribution is 5.42. The summed E-state index contributed by atoms with van der Waals surface area (Å²) in [6, 6.07) is 0.698. The van der Waals surface area contributed by atoms with Crippen molar-refractivity contribution < 1.29 is 0 Å². The maximum Gasteiger partial charge on any atom is 0.115 e. The Morgan fingerprint density at radius 3 is 2.86 bits per heavy atom. The van der Waals surface area contributed by atoms with Gasteiger partial charge in [-0.2, -0.15) is 0 Å². The van der Waals surface area contributed by atoms with Gasteiger partial charge in [-0.05, 0) is 18.9 Å². The maximum atomic E-state index is 4.05. The Morgan fingerprint density at radius 2 is 2.21 bits per heavy atom. The zero-order chi connectivity index (χ0) is 9.38. The fourth-order valence-electron chi connectivity index (χ4n) is 2.31. The second-order valence-electron chi connectivity index (χ2n) is 4.11. The lowest BCUT2D eigenvalue weighted by Crippen LogP contribution is -2.62. The molecule has 2 saturated heterocycles. The first-order chi connectivity index (χ1) is 6.93. The van der Waals surface area contributed by atoms with E-state index < -0.39 is 0 Å². The summed E-state index contributed by atoms with van der Waals surface area (Å²) < 4.78 is 0. The number of rotatable bonds is 1. The summed E-state index contributed by atoms with van der Waals surface area (Å²) in [5.41, 5.74) is 1.15. The predicted molar refractivity (Wildman–Crippen MR) is 54.1 cm³/mol. The lowest BCUT2D eigenvalue weighted by Gasteiger charge is -2.46. The number of fused-ring (bicyclic) bond motifs is 1. The van der Waals surface area contributed by atoms with Gasteiger partial charge in [0, 0.05) is 19.1 Å². The number of hydrogen-bond acceptors (Lipinski definition) is 4. The molecule has 4 heteroatoms. The molecular formula is C10H14N4. The molecule has 74 valence electrons. The lowest BCUT2D eigenvalue weighted by atomic mass is 9.85. The van der Waals surface area contributed by atoms with Crippen molar-refractivity contribution in [2.75, 3.05) is 24.5 Å². The molecule has 2 fully saturated rings. The molecule has 0 radical (unpaired) electrons. The van der Waals surface area contributed by atoms with Gasteiger partial charge in [-0.3, -0.25) is 0 Å². The van der Waals surface area contributed by atoms with E-state index in [0.717, 1.165) is 24.7 Å². The van der Waals surface area contributed by atoms with Crippen molar-refractivity contribution in [1.82, 2.24) is 15.3 Å². The van der Waals surface area contributed by atoms with Crippen LogP contribution in [0.5, 0.6) is 0 Å². The van der Waals surface area contributed by atoms with E-state index in [0.29, 0.717) is 6.04 Å². The second kappa shape index (κ2) is 3.20. The van der Waals surface area contributed by atoms with Gasteiger partial charge in [-0.15, -0.1) is 0 Å². The Bertz CT molecular complexity index is 313. The molecule has 3 rings (SSSR count). The Balaban J connectivity index is 1.74. The van der Waals surface area contributed by atoms with Gasteiger partial charge in [0.15, 0.2) is 0 Å². The molecule has 0 aromatic carbocycles. The zero-order valence-corrected chi connectivity index (χ0v) is 8.06. The first kappa shape index (κ1) is 8.17. The molecule has 14 heavy (non-hydrogen) atoms. The van der Waals surface area contributed by atoms with Crippen LogP contribution in [-0.4, -0.2) is 35.6 Å². The Hall–Kier alpha value is -1.16. The summed E-state index contributed by atoms with van der Waals surface area (Å²) in [5, 5.41) is 3.46. The van der Waals surface area contributed by atoms with Crippen molar-refractivity contribution in [1.29, 1.82) is 0 Å². The second-order valence-corrected chi connectivity index (χ2v) is 4.11. The standard InChI is InChI=1S/C10H14N4/c1-2-14(6-10-8(1)3-13-10)9-4-11-7-12-5-9/h4-5,7-8,10,13H,1-3,6H2/t8-,10-/m1/s1. The maximum absolute atomic E-state index is 4.05. The predicted octanol–water partition coefficient (Wildman–Crippen LogP) is 0.275. The largest absolute Gasteiger partial charge is 0.367 e. The topological polar surface area (TPSA) is 41.1 Å². The molecule has 0 bridgehead atoms. The minimum absolute atomic E-state index is 0.698. The van der Waals surface area contributed by atoms with Crippen molar-refractivity contribution in [3.8, 4) is 0 Å². The number of nitrogens with zero attached hydrogens (tertiary/aromatic N) is 3. The molecule has 3 heterocycles. The molecule has 2 aliphatic rings. The Morgan fingerprint density at radius 1 is 1.36 bits per heavy atom. The van der Waals surface area contributed by atoms with E-state index in [2.05, 4.69) is 20.2 Å². The third-order valence-electron chi connectivity index (χ3n) is 3.31. The molecule has 0 unspecified atom stereocenters. The van der Waals surface area contributed by atoms with Gasteiger partial charge in [-0.25, -0.2) is 9.97 Å². The van der Waals surface area contributed by atoms with Crippen molar-refractivity contribution in [2.24, 2.45) is 5.92 Å². The number of anilines is 1. The fourth-order valence-corrected chi connectivity index (χ4v) is 2.31. The van der Waals surface area contributed by atoms with Crippen molar-refractivity contribution >= 4 is 5.69 Å². The van der Waals surface area contributed by atoms with E-state index in [1.54, 1.807) is 6.33 Å². The first-order valence-corrected chi connectivity index (χ1v) is 5.17. The number of nitrogens with one attached hydrogen (secondary N) is 1. The van der Waals surface area contributed by atoms with Crippen LogP contribution in [0.15, 0.2) is 18.7 Å². The number of piperidine rings is 1. The summed E-state index contributed by atoms with van der Waals surface area (Å²) in [4.78, 5) is 10.5. The molecule has 4 nitrogen and oxygen atoms in total. The van der Waals surface area contributed by atoms with Crippen LogP contribution < -0.4 is 10.2 Å². The smallest absolute Gasteiger partial charge is 0.115 e. The summed E-state index contributed by atoms with van der Waals surface area (Å²) in [5.74, 6) is 0.913. The van der Waals surface area contributed by atoms with E-state index in [9.17, 15) is 0 Å². The summed E-state index contributed by atoms with van der Waals surface area (Å²) in [6.45, 7) is 3.47. The average Bonchev–Trinajstić information content (AvgIpc) is 2.21. The quantitative estimate of drug-likeness (QED) is 0.690. The van der Waals surface area contributed by atoms with E-state index in [4.69, 9.17) is 0 Å². The third kappa shape index (κ3) is 1.26. The normalized spacial score (nSPS) is 30.7. The van der Waals surface area contributed by atoms with Crippen LogP contribution in [0.1, 0.15) is 6.42 Å². The van der Waals surface area contributed by atoms with E-state index in [1.165, 1.54) is 13.0 Å². The minimum Gasteiger partial charge on any atom is -0.367 e. The van der Waals surface area contributed by atoms with Crippen LogP contribution >= 0.6 is 0 Å². The Labute approximate surface area is 83.4 Å². The SMILES string of the molecule is c1ncc(N2CC[C@@H]3CN[C@@H]3C2)cn1. The van der Waals surface area contributed by atoms with Gasteiger partial charge in [0.25, 0.3) is 0 Å². The van der Waals surface area contributed by atoms with Crippen LogP contribution in [0.25, 0.3) is 0 Å². The fraction of sp³-hybridized carbons (Fsp3) is 0.600. The van der Waals surface area contributed by atoms with Crippen LogP contribution in [0.2, 0.25) is 0 Å². The monoisotopic (exact) mass is 190 g/mol. The third-order valence-corrected chi connectivity index (χ3v) is 3.31. The summed E-state index contributed by atoms with van der Waals surface area (Å²) in [6.07, 6.45) is 6.67. The van der Waals surface area contributed by atoms with Gasteiger partial charge in [0.05, 0.1) is 18.1 Å². The van der Waals surface area contributed by atoms with Crippen molar-refractivity contribution in [3.63, 3.8) is 0 Å². The number of aromatic nitrogens is 2. The van der Waals surface area contributed by atoms with Crippen molar-refractivity contribution in [2.45, 2.75) is 12.5 Å². The molecule has 1 aromatic rings. The molecule has 1 aromatic heterocycles. The van der Waals surface area contributed by atoms with Crippen LogP contribution in [-0.2, 0) is 0 Å². The van der Waals surface area contributed by atoms with E-state index in [-0.39, 0.29) is 0 Å². The lowest BCUT2D eigenvalue weighted by molar-refractivity contribution is 0.197. The van der Waals surface area contributed by atoms with Gasteiger partial charge < -0.3 is 10.2 Å². The molecule has 2 aliphatic heterocycles. The van der Waals surface area contributed by atoms with Gasteiger partial charge in [0.1, 0.15) is 6.33 Å². The van der Waals surface area contributed by atoms with Crippen molar-refractivity contribution in [3.05, 3.63) is 18.7 Å². The summed E-state index contributed by atoms with van der Waals surface area (Å²) in [7, 11) is 0. The van der Waals surface area contributed by atoms with Gasteiger partial charge >= 0.3 is 0 Å². The average molecular weight is 190 g/mol. The highest BCUT2D eigenvalue weighted by Gasteiger charge is 2.35. The molecule has 0 amide bonds. The molecule has 2 atom stereocenters. The Kier molecular flexibility index (Phi) is 1.87. The van der Waals surface area contributed by atoms with Crippen LogP contribution in [0.3, 0.4) is 0 Å². The van der Waals surface area contributed by atoms with E-state index >= 15 is 0 Å². The molecule has 0 saturated carbocycles. The van der Waals surface area contributed by atoms with E-state index in [1.807, 2.05) is 12.4 Å². The molecule has 0 spiro atoms. The number of hydrogen-bond donors (Lipinski definition) is 1. The first-order valence-electron chi connectivity index (χ1n) is 5.17. The molecule has 0 aliphatic carbocycles. The van der Waals surface area contributed by atoms with Gasteiger partial charge in [0.2, 0.25) is 0 Å². The van der Waals surface area contributed by atoms with Gasteiger partial charge in [-0.1, -0.05) is 0 Å². The molecular weight excluding hydrogens is 176 g/mol.